The van der Waals surface area contributed by atoms with E-state index in [1.807, 2.05) is 0 Å². The van der Waals surface area contributed by atoms with Crippen molar-refractivity contribution in [1.82, 2.24) is 0 Å². The first-order valence-corrected chi connectivity index (χ1v) is 10.7. The molecule has 0 amide bonds. The third kappa shape index (κ3) is 10.6. The van der Waals surface area contributed by atoms with Gasteiger partial charge in [0.2, 0.25) is 0 Å². The minimum Gasteiger partial charge on any atom is -0.370 e. The smallest absolute Gasteiger partial charge is 0.368 e. The van der Waals surface area contributed by atoms with Gasteiger partial charge in [-0.1, -0.05) is 58.3 Å². The first-order valence-electron chi connectivity index (χ1n) is 7.42. The molecule has 0 rings (SSSR count). The van der Waals surface area contributed by atoms with Crippen molar-refractivity contribution in [1.29, 1.82) is 0 Å². The summed E-state index contributed by atoms with van der Waals surface area (Å²) in [5.41, 5.74) is -2.66. The van der Waals surface area contributed by atoms with Crippen LogP contribution in [0.15, 0.2) is 0 Å². The second kappa shape index (κ2) is 10.9. The Morgan fingerprint density at radius 3 is 1.71 bits per heavy atom. The van der Waals surface area contributed by atoms with Crippen LogP contribution in [0.4, 0.5) is 0 Å². The van der Waals surface area contributed by atoms with E-state index < -0.39 is 20.8 Å². The largest absolute Gasteiger partial charge is 0.370 e. The molecule has 0 aromatic rings. The number of rotatable bonds is 13. The molecule has 21 heavy (non-hydrogen) atoms. The lowest BCUT2D eigenvalue weighted by atomic mass is 10.1. The van der Waals surface area contributed by atoms with Gasteiger partial charge in [0, 0.05) is 0 Å². The van der Waals surface area contributed by atoms with Crippen LogP contribution in [-0.4, -0.2) is 32.0 Å². The number of hydrogen-bond acceptors (Lipinski definition) is 4. The van der Waals surface area contributed by atoms with Gasteiger partial charge in [-0.15, -0.1) is 0 Å². The van der Waals surface area contributed by atoms with Crippen LogP contribution in [0.5, 0.6) is 0 Å². The third-order valence-electron chi connectivity index (χ3n) is 3.12. The van der Waals surface area contributed by atoms with E-state index >= 15 is 0 Å². The van der Waals surface area contributed by atoms with Gasteiger partial charge >= 0.3 is 15.2 Å². The van der Waals surface area contributed by atoms with Gasteiger partial charge in [-0.3, -0.25) is 9.13 Å². The molecule has 0 aliphatic carbocycles. The highest BCUT2D eigenvalue weighted by Crippen LogP contribution is 2.61. The summed E-state index contributed by atoms with van der Waals surface area (Å²) in [6.45, 7) is 2.07. The third-order valence-corrected chi connectivity index (χ3v) is 6.63. The van der Waals surface area contributed by atoms with Crippen molar-refractivity contribution >= 4 is 15.2 Å². The topological polar surface area (TPSA) is 124 Å². The quantitative estimate of drug-likeness (QED) is 0.298. The SMILES string of the molecule is CCCCCCCCCCCOP(=O)(O)C(O)P(=O)(O)O. The summed E-state index contributed by atoms with van der Waals surface area (Å²) in [5.74, 6) is 0. The van der Waals surface area contributed by atoms with Gasteiger partial charge in [0.1, 0.15) is 0 Å². The fourth-order valence-corrected chi connectivity index (χ4v) is 4.11. The van der Waals surface area contributed by atoms with Crippen LogP contribution < -0.4 is 0 Å². The van der Waals surface area contributed by atoms with Crippen molar-refractivity contribution in [2.45, 2.75) is 70.3 Å². The van der Waals surface area contributed by atoms with Crippen molar-refractivity contribution in [2.24, 2.45) is 0 Å². The van der Waals surface area contributed by atoms with Gasteiger partial charge in [-0.05, 0) is 6.42 Å². The molecule has 0 aromatic carbocycles. The molecule has 0 spiro atoms. The molecule has 0 radical (unpaired) electrons. The van der Waals surface area contributed by atoms with E-state index in [2.05, 4.69) is 11.4 Å². The summed E-state index contributed by atoms with van der Waals surface area (Å²) in [5, 5.41) is 9.06. The van der Waals surface area contributed by atoms with Crippen LogP contribution in [0, 0.1) is 0 Å². The van der Waals surface area contributed by atoms with Gasteiger partial charge in [0.25, 0.3) is 5.59 Å². The zero-order valence-electron chi connectivity index (χ0n) is 12.6. The van der Waals surface area contributed by atoms with E-state index in [0.717, 1.165) is 19.3 Å². The van der Waals surface area contributed by atoms with Crippen molar-refractivity contribution in [3.05, 3.63) is 0 Å². The van der Waals surface area contributed by atoms with Crippen LogP contribution in [0.2, 0.25) is 0 Å². The van der Waals surface area contributed by atoms with E-state index in [9.17, 15) is 14.0 Å². The van der Waals surface area contributed by atoms with Crippen molar-refractivity contribution in [3.63, 3.8) is 0 Å². The summed E-state index contributed by atoms with van der Waals surface area (Å²) in [7, 11) is -9.73. The summed E-state index contributed by atoms with van der Waals surface area (Å²) < 4.78 is 26.6. The fraction of sp³-hybridized carbons (Fsp3) is 1.00. The Morgan fingerprint density at radius 1 is 0.857 bits per heavy atom. The molecule has 0 aliphatic heterocycles. The second-order valence-electron chi connectivity index (χ2n) is 5.16. The average molecular weight is 346 g/mol. The highest BCUT2D eigenvalue weighted by molar-refractivity contribution is 7.70. The Hall–Kier alpha value is 0.260. The molecule has 0 heterocycles. The maximum atomic E-state index is 11.4. The van der Waals surface area contributed by atoms with E-state index in [4.69, 9.17) is 14.9 Å². The van der Waals surface area contributed by atoms with E-state index in [0.29, 0.717) is 6.42 Å². The zero-order chi connectivity index (χ0) is 16.4. The van der Waals surface area contributed by atoms with Gasteiger partial charge in [-0.2, -0.15) is 0 Å². The normalized spacial score (nSPS) is 16.6. The number of hydrogen-bond donors (Lipinski definition) is 4. The Bertz CT molecular complexity index is 356. The van der Waals surface area contributed by atoms with Gasteiger partial charge in [0.05, 0.1) is 6.61 Å². The minimum absolute atomic E-state index is 0.0966. The van der Waals surface area contributed by atoms with Crippen molar-refractivity contribution in [3.8, 4) is 0 Å². The molecule has 7 nitrogen and oxygen atoms in total. The summed E-state index contributed by atoms with van der Waals surface area (Å²) >= 11 is 0. The molecule has 0 saturated carbocycles. The van der Waals surface area contributed by atoms with Crippen LogP contribution in [0.3, 0.4) is 0 Å². The maximum absolute atomic E-state index is 11.4. The number of unbranched alkanes of at least 4 members (excludes halogenated alkanes) is 8. The molecule has 0 aliphatic rings. The predicted octanol–water partition coefficient (Wildman–Crippen LogP) is 3.17. The van der Waals surface area contributed by atoms with Gasteiger partial charge < -0.3 is 24.3 Å². The van der Waals surface area contributed by atoms with E-state index in [1.54, 1.807) is 0 Å². The average Bonchev–Trinajstić information content (AvgIpc) is 2.39. The van der Waals surface area contributed by atoms with Crippen LogP contribution >= 0.6 is 15.2 Å². The molecule has 0 saturated heterocycles. The molecule has 0 aromatic heterocycles. The lowest BCUT2D eigenvalue weighted by Gasteiger charge is -2.18. The lowest BCUT2D eigenvalue weighted by Crippen LogP contribution is -2.10. The van der Waals surface area contributed by atoms with Crippen LogP contribution in [0.1, 0.15) is 64.7 Å². The Morgan fingerprint density at radius 2 is 1.29 bits per heavy atom. The Kier molecular flexibility index (Phi) is 11.0. The molecule has 0 bridgehead atoms. The Balaban J connectivity index is 3.63. The molecule has 128 valence electrons. The van der Waals surface area contributed by atoms with Crippen molar-refractivity contribution in [2.75, 3.05) is 6.61 Å². The molecule has 9 heteroatoms. The molecular formula is C12H28O7P2. The van der Waals surface area contributed by atoms with Crippen LogP contribution in [-0.2, 0) is 13.7 Å². The van der Waals surface area contributed by atoms with Crippen LogP contribution in [0.25, 0.3) is 0 Å². The minimum atomic E-state index is -5.04. The lowest BCUT2D eigenvalue weighted by molar-refractivity contribution is 0.186. The molecule has 2 unspecified atom stereocenters. The van der Waals surface area contributed by atoms with Gasteiger partial charge in [-0.25, -0.2) is 0 Å². The predicted molar refractivity (Wildman–Crippen MR) is 81.1 cm³/mol. The standard InChI is InChI=1S/C12H28O7P2/c1-2-3-4-5-6-7-8-9-10-11-19-21(17,18)12(13)20(14,15)16/h12-13H,2-11H2,1H3,(H,17,18)(H2,14,15,16). The molecule has 0 fully saturated rings. The zero-order valence-corrected chi connectivity index (χ0v) is 14.3. The second-order valence-corrected chi connectivity index (χ2v) is 9.11. The monoisotopic (exact) mass is 346 g/mol. The summed E-state index contributed by atoms with van der Waals surface area (Å²) in [6.07, 6.45) is 9.58. The number of aliphatic hydroxyl groups excluding tert-OH is 1. The van der Waals surface area contributed by atoms with Crippen molar-refractivity contribution < 1.29 is 33.4 Å². The molecular weight excluding hydrogens is 318 g/mol. The van der Waals surface area contributed by atoms with E-state index in [1.165, 1.54) is 32.1 Å². The summed E-state index contributed by atoms with van der Waals surface area (Å²) in [4.78, 5) is 26.5. The Labute approximate surface area is 126 Å². The first-order chi connectivity index (χ1) is 9.72. The molecule has 4 N–H and O–H groups in total. The summed E-state index contributed by atoms with van der Waals surface area (Å²) in [6, 6.07) is 0. The molecule has 2 atom stereocenters. The highest BCUT2D eigenvalue weighted by atomic mass is 31.2. The van der Waals surface area contributed by atoms with E-state index in [-0.39, 0.29) is 6.61 Å². The highest BCUT2D eigenvalue weighted by Gasteiger charge is 2.44. The maximum Gasteiger partial charge on any atom is 0.368 e. The fourth-order valence-electron chi connectivity index (χ4n) is 1.86. The first kappa shape index (κ1) is 21.3. The van der Waals surface area contributed by atoms with Gasteiger partial charge in [0.15, 0.2) is 0 Å². The number of aliphatic hydroxyl groups is 1.